The first-order valence-electron chi connectivity index (χ1n) is 5.63. The van der Waals surface area contributed by atoms with Gasteiger partial charge in [-0.3, -0.25) is 0 Å². The van der Waals surface area contributed by atoms with Crippen LogP contribution in [0.4, 0.5) is 0 Å². The molecule has 0 atom stereocenters. The van der Waals surface area contributed by atoms with Gasteiger partial charge >= 0.3 is 112 Å². The van der Waals surface area contributed by atoms with E-state index in [2.05, 4.69) is 70.9 Å². The summed E-state index contributed by atoms with van der Waals surface area (Å²) in [6.45, 7) is 0. The Morgan fingerprint density at radius 3 is 2.47 bits per heavy atom. The third-order valence-corrected chi connectivity index (χ3v) is 5.23. The topological polar surface area (TPSA) is 0 Å². The molecule has 0 radical (unpaired) electrons. The summed E-state index contributed by atoms with van der Waals surface area (Å²) in [5, 5.41) is 0. The number of hydrogen-bond acceptors (Lipinski definition) is 0. The molecule has 0 saturated carbocycles. The first kappa shape index (κ1) is 10.8. The molecule has 0 bridgehead atoms. The first-order valence-corrected chi connectivity index (χ1v) is 8.14. The minimum atomic E-state index is -0.168. The zero-order valence-corrected chi connectivity index (χ0v) is 11.7. The monoisotopic (exact) mass is 334 g/mol. The van der Waals surface area contributed by atoms with Crippen molar-refractivity contribution in [3.8, 4) is 0 Å². The second-order valence-electron chi connectivity index (χ2n) is 3.93. The van der Waals surface area contributed by atoms with Crippen molar-refractivity contribution < 1.29 is 0 Å². The van der Waals surface area contributed by atoms with E-state index in [1.165, 1.54) is 20.3 Å². The van der Waals surface area contributed by atoms with Crippen molar-refractivity contribution in [3.63, 3.8) is 0 Å². The van der Waals surface area contributed by atoms with Crippen LogP contribution in [0.15, 0.2) is 58.7 Å². The Kier molecular flexibility index (Phi) is 3.14. The summed E-state index contributed by atoms with van der Waals surface area (Å²) in [7, 11) is 0. The van der Waals surface area contributed by atoms with E-state index >= 15 is 0 Å². The third-order valence-electron chi connectivity index (χ3n) is 2.77. The van der Waals surface area contributed by atoms with E-state index in [-0.39, 0.29) is 20.9 Å². The van der Waals surface area contributed by atoms with Crippen LogP contribution in [0.2, 0.25) is 0 Å². The van der Waals surface area contributed by atoms with E-state index in [0.717, 1.165) is 0 Å². The summed E-state index contributed by atoms with van der Waals surface area (Å²) in [6, 6.07) is 19.2. The number of hydrogen-bond donors (Lipinski definition) is 0. The molecule has 82 valence electrons. The van der Waals surface area contributed by atoms with Gasteiger partial charge in [0.05, 0.1) is 0 Å². The zero-order valence-electron chi connectivity index (χ0n) is 9.34. The fraction of sp³-hybridized carbons (Fsp3) is 0. The van der Waals surface area contributed by atoms with E-state index < -0.39 is 0 Å². The standard InChI is InChI=1S/C16H12Te/c1-2-6-13(7-3-1)12-16-15-9-5-4-8-14(15)10-11-17-16/h1-12H/b16-12-. The second-order valence-corrected chi connectivity index (χ2v) is 6.63. The Labute approximate surface area is 112 Å². The quantitative estimate of drug-likeness (QED) is 0.696. The second kappa shape index (κ2) is 4.92. The molecule has 0 fully saturated rings. The Hall–Kier alpha value is -1.29. The van der Waals surface area contributed by atoms with Crippen molar-refractivity contribution >= 4 is 36.7 Å². The minimum absolute atomic E-state index is 0.168. The van der Waals surface area contributed by atoms with Gasteiger partial charge in [0.15, 0.2) is 0 Å². The van der Waals surface area contributed by atoms with Crippen molar-refractivity contribution in [2.45, 2.75) is 0 Å². The van der Waals surface area contributed by atoms with E-state index in [1.807, 2.05) is 0 Å². The maximum absolute atomic E-state index is 2.36. The van der Waals surface area contributed by atoms with Gasteiger partial charge in [0.1, 0.15) is 0 Å². The van der Waals surface area contributed by atoms with Crippen LogP contribution < -0.4 is 0 Å². The average Bonchev–Trinajstić information content (AvgIpc) is 2.40. The van der Waals surface area contributed by atoms with E-state index in [1.54, 1.807) is 0 Å². The fourth-order valence-corrected chi connectivity index (χ4v) is 4.43. The molecule has 0 unspecified atom stereocenters. The van der Waals surface area contributed by atoms with Crippen LogP contribution in [0, 0.1) is 0 Å². The molecule has 0 N–H and O–H groups in total. The molecular formula is C16H12Te. The molecule has 0 aliphatic carbocycles. The van der Waals surface area contributed by atoms with E-state index in [4.69, 9.17) is 0 Å². The van der Waals surface area contributed by atoms with Gasteiger partial charge in [-0.15, -0.1) is 0 Å². The third kappa shape index (κ3) is 2.36. The van der Waals surface area contributed by atoms with Crippen LogP contribution in [0.25, 0.3) is 15.8 Å². The average molecular weight is 332 g/mol. The van der Waals surface area contributed by atoms with Gasteiger partial charge in [-0.1, -0.05) is 0 Å². The number of rotatable bonds is 1. The van der Waals surface area contributed by atoms with Crippen LogP contribution in [-0.2, 0) is 0 Å². The van der Waals surface area contributed by atoms with E-state index in [9.17, 15) is 0 Å². The molecule has 2 aromatic rings. The molecule has 0 nitrogen and oxygen atoms in total. The van der Waals surface area contributed by atoms with Gasteiger partial charge in [0.2, 0.25) is 0 Å². The van der Waals surface area contributed by atoms with E-state index in [0.29, 0.717) is 0 Å². The molecule has 2 aromatic carbocycles. The normalized spacial score (nSPS) is 15.9. The Morgan fingerprint density at radius 2 is 1.59 bits per heavy atom. The summed E-state index contributed by atoms with van der Waals surface area (Å²) >= 11 is -0.168. The summed E-state index contributed by atoms with van der Waals surface area (Å²) in [4.78, 5) is 0. The first-order chi connectivity index (χ1) is 8.43. The summed E-state index contributed by atoms with van der Waals surface area (Å²) in [5.41, 5.74) is 4.07. The van der Waals surface area contributed by atoms with Crippen molar-refractivity contribution in [1.29, 1.82) is 0 Å². The molecule has 0 aromatic heterocycles. The molecule has 1 heteroatoms. The predicted octanol–water partition coefficient (Wildman–Crippen LogP) is 3.87. The molecular weight excluding hydrogens is 320 g/mol. The maximum atomic E-state index is 2.36. The van der Waals surface area contributed by atoms with Gasteiger partial charge in [0, 0.05) is 0 Å². The van der Waals surface area contributed by atoms with Crippen LogP contribution in [0.5, 0.6) is 0 Å². The predicted molar refractivity (Wildman–Crippen MR) is 75.5 cm³/mol. The molecule has 1 aliphatic rings. The van der Waals surface area contributed by atoms with Crippen molar-refractivity contribution in [2.24, 2.45) is 0 Å². The summed E-state index contributed by atoms with van der Waals surface area (Å²) in [5.74, 6) is 0. The fourth-order valence-electron chi connectivity index (χ4n) is 1.92. The van der Waals surface area contributed by atoms with Gasteiger partial charge in [-0.2, -0.15) is 0 Å². The molecule has 1 aliphatic heterocycles. The number of benzene rings is 2. The van der Waals surface area contributed by atoms with Crippen LogP contribution >= 0.6 is 0 Å². The zero-order chi connectivity index (χ0) is 11.5. The van der Waals surface area contributed by atoms with Crippen LogP contribution in [-0.4, -0.2) is 20.9 Å². The van der Waals surface area contributed by atoms with Crippen molar-refractivity contribution in [1.82, 2.24) is 0 Å². The Bertz CT molecular complexity index is 579. The van der Waals surface area contributed by atoms with Crippen molar-refractivity contribution in [3.05, 3.63) is 75.4 Å². The summed E-state index contributed by atoms with van der Waals surface area (Å²) in [6.07, 6.45) is 4.60. The molecule has 0 spiro atoms. The molecule has 17 heavy (non-hydrogen) atoms. The number of fused-ring (bicyclic) bond motifs is 1. The Balaban J connectivity index is 2.06. The molecule has 0 saturated heterocycles. The Morgan fingerprint density at radius 1 is 0.824 bits per heavy atom. The molecule has 0 amide bonds. The summed E-state index contributed by atoms with van der Waals surface area (Å²) < 4.78 is 3.89. The molecule has 3 rings (SSSR count). The SMILES string of the molecule is C1=Cc2ccccc2/C(=C/c2ccccc2)[Te]1. The van der Waals surface area contributed by atoms with Gasteiger partial charge in [-0.25, -0.2) is 0 Å². The van der Waals surface area contributed by atoms with Crippen LogP contribution in [0.3, 0.4) is 0 Å². The van der Waals surface area contributed by atoms with Gasteiger partial charge in [0.25, 0.3) is 0 Å². The van der Waals surface area contributed by atoms with Gasteiger partial charge in [-0.05, 0) is 0 Å². The van der Waals surface area contributed by atoms with Crippen molar-refractivity contribution in [2.75, 3.05) is 0 Å². The van der Waals surface area contributed by atoms with Crippen LogP contribution in [0.1, 0.15) is 16.7 Å². The van der Waals surface area contributed by atoms with Gasteiger partial charge < -0.3 is 0 Å². The molecule has 1 heterocycles.